The lowest BCUT2D eigenvalue weighted by molar-refractivity contribution is -0.0500. The van der Waals surface area contributed by atoms with Crippen LogP contribution in [0.1, 0.15) is 44.4 Å². The minimum absolute atomic E-state index is 0.0967. The summed E-state index contributed by atoms with van der Waals surface area (Å²) in [5.74, 6) is -2.41. The zero-order valence-corrected chi connectivity index (χ0v) is 23.0. The Balaban J connectivity index is 1.59. The molecule has 41 heavy (non-hydrogen) atoms. The normalized spacial score (nSPS) is 20.2. The van der Waals surface area contributed by atoms with Crippen LogP contribution in [0.2, 0.25) is 0 Å². The number of carbonyl (C=O) groups excluding carboxylic acids is 1. The van der Waals surface area contributed by atoms with E-state index >= 15 is 4.39 Å². The highest BCUT2D eigenvalue weighted by Gasteiger charge is 2.50. The Labute approximate surface area is 236 Å². The molecule has 0 unspecified atom stereocenters. The van der Waals surface area contributed by atoms with Gasteiger partial charge in [-0.15, -0.1) is 0 Å². The van der Waals surface area contributed by atoms with E-state index in [4.69, 9.17) is 4.11 Å². The SMILES string of the molecule is [2H]C([2H])([2H])N1C(=O)c2cccc(OS(=O)(=O)C(F)(F)F)c2[C@H]2C[C@@H]1c1nc3ccc(-c4ccc(P(C)(C)=O)cc4F)cc3n12. The molecule has 0 aliphatic carbocycles. The largest absolute Gasteiger partial charge is 0.534 e. The Morgan fingerprint density at radius 1 is 1.07 bits per heavy atom. The van der Waals surface area contributed by atoms with Gasteiger partial charge in [0.15, 0.2) is 0 Å². The van der Waals surface area contributed by atoms with E-state index < -0.39 is 59.3 Å². The minimum atomic E-state index is -6.16. The van der Waals surface area contributed by atoms with Crippen molar-refractivity contribution in [3.05, 3.63) is 77.4 Å². The van der Waals surface area contributed by atoms with Gasteiger partial charge in [0.25, 0.3) is 5.91 Å². The number of rotatable bonds is 4. The highest BCUT2D eigenvalue weighted by atomic mass is 32.2. The second-order valence-corrected chi connectivity index (χ2v) is 15.0. The summed E-state index contributed by atoms with van der Waals surface area (Å²) in [5, 5.41) is 0.336. The predicted octanol–water partition coefficient (Wildman–Crippen LogP) is 5.44. The van der Waals surface area contributed by atoms with Gasteiger partial charge in [0, 0.05) is 39.5 Å². The van der Waals surface area contributed by atoms with E-state index in [0.717, 1.165) is 12.1 Å². The molecule has 0 fully saturated rings. The van der Waals surface area contributed by atoms with Gasteiger partial charge in [0.2, 0.25) is 0 Å². The van der Waals surface area contributed by atoms with Crippen molar-refractivity contribution in [2.45, 2.75) is 24.0 Å². The maximum Gasteiger partial charge on any atom is 0.534 e. The number of hydrogen-bond acceptors (Lipinski definition) is 6. The molecule has 8 nitrogen and oxygen atoms in total. The van der Waals surface area contributed by atoms with Gasteiger partial charge in [0.05, 0.1) is 23.1 Å². The van der Waals surface area contributed by atoms with Gasteiger partial charge >= 0.3 is 15.6 Å². The van der Waals surface area contributed by atoms with Crippen LogP contribution in [-0.4, -0.2) is 54.6 Å². The van der Waals surface area contributed by atoms with Gasteiger partial charge in [-0.2, -0.15) is 21.6 Å². The number of halogens is 4. The number of fused-ring (bicyclic) bond motifs is 9. The molecule has 0 radical (unpaired) electrons. The first-order valence-electron chi connectivity index (χ1n) is 13.6. The van der Waals surface area contributed by atoms with Gasteiger partial charge in [0.1, 0.15) is 24.5 Å². The Morgan fingerprint density at radius 3 is 2.49 bits per heavy atom. The summed E-state index contributed by atoms with van der Waals surface area (Å²) in [6.07, 6.45) is -0.169. The Morgan fingerprint density at radius 2 is 1.83 bits per heavy atom. The Hall–Kier alpha value is -3.70. The number of amides is 1. The van der Waals surface area contributed by atoms with E-state index in [2.05, 4.69) is 9.17 Å². The predicted molar refractivity (Wildman–Crippen MR) is 144 cm³/mol. The summed E-state index contributed by atoms with van der Waals surface area (Å²) in [4.78, 5) is 18.8. The maximum absolute atomic E-state index is 15.2. The quantitative estimate of drug-likeness (QED) is 0.132. The molecule has 2 aliphatic rings. The van der Waals surface area contributed by atoms with Crippen LogP contribution in [0.15, 0.2) is 54.6 Å². The lowest BCUT2D eigenvalue weighted by Gasteiger charge is -2.24. The molecule has 1 amide bonds. The van der Waals surface area contributed by atoms with Gasteiger partial charge in [-0.1, -0.05) is 24.3 Å². The van der Waals surface area contributed by atoms with Crippen LogP contribution in [-0.2, 0) is 14.7 Å². The number of benzene rings is 3. The van der Waals surface area contributed by atoms with Crippen molar-refractivity contribution >= 4 is 39.5 Å². The van der Waals surface area contributed by atoms with Crippen molar-refractivity contribution in [1.82, 2.24) is 14.5 Å². The van der Waals surface area contributed by atoms with Gasteiger partial charge in [-0.05, 0) is 49.2 Å². The fraction of sp³-hybridized carbons (Fsp3) is 0.259. The van der Waals surface area contributed by atoms with Crippen LogP contribution in [0.25, 0.3) is 22.2 Å². The van der Waals surface area contributed by atoms with Gasteiger partial charge in [-0.25, -0.2) is 9.37 Å². The average molecular weight is 611 g/mol. The van der Waals surface area contributed by atoms with Crippen LogP contribution in [0.3, 0.4) is 0 Å². The lowest BCUT2D eigenvalue weighted by Crippen LogP contribution is -2.31. The minimum Gasteiger partial charge on any atom is -0.376 e. The first kappa shape index (κ1) is 24.0. The number of alkyl halides is 3. The number of imidazole rings is 1. The van der Waals surface area contributed by atoms with Crippen molar-refractivity contribution in [3.8, 4) is 16.9 Å². The summed E-state index contributed by atoms with van der Waals surface area (Å²) < 4.78 is 122. The smallest absolute Gasteiger partial charge is 0.376 e. The molecule has 0 saturated carbocycles. The summed E-state index contributed by atoms with van der Waals surface area (Å²) in [6.45, 7) is 0.00359. The topological polar surface area (TPSA) is 98.6 Å². The molecule has 2 bridgehead atoms. The summed E-state index contributed by atoms with van der Waals surface area (Å²) in [6, 6.07) is 9.83. The van der Waals surface area contributed by atoms with Crippen LogP contribution in [0.4, 0.5) is 17.6 Å². The highest BCUT2D eigenvalue weighted by molar-refractivity contribution is 7.88. The highest BCUT2D eigenvalue weighted by Crippen LogP contribution is 2.50. The zero-order valence-electron chi connectivity index (χ0n) is 24.3. The van der Waals surface area contributed by atoms with E-state index in [1.165, 1.54) is 36.1 Å². The van der Waals surface area contributed by atoms with E-state index in [1.807, 2.05) is 0 Å². The van der Waals surface area contributed by atoms with E-state index in [1.54, 1.807) is 24.3 Å². The van der Waals surface area contributed by atoms with E-state index in [9.17, 15) is 30.9 Å². The molecule has 6 rings (SSSR count). The summed E-state index contributed by atoms with van der Waals surface area (Å²) in [5.41, 5.74) is -5.25. The van der Waals surface area contributed by atoms with Gasteiger partial charge in [-0.3, -0.25) is 4.79 Å². The second-order valence-electron chi connectivity index (χ2n) is 10.2. The molecule has 0 saturated heterocycles. The fourth-order valence-electron chi connectivity index (χ4n) is 5.39. The molecule has 14 heteroatoms. The standard InChI is InChI=1S/C27H22F4N3O5PS/c1-33-22-13-21(24-17(26(33)35)5-4-6-23(24)39-41(37,38)27(29,30)31)34-20-11-14(7-10-19(20)32-25(22)34)16-9-8-15(12-18(16)28)40(2,3)36/h4-12,21-22H,13H2,1-3H3/t21-,22-/m1/s1/i1D3. The molecule has 0 spiro atoms. The van der Waals surface area contributed by atoms with Crippen LogP contribution in [0, 0.1) is 5.82 Å². The van der Waals surface area contributed by atoms with Crippen molar-refractivity contribution in [3.63, 3.8) is 0 Å². The molecule has 0 N–H and O–H groups in total. The monoisotopic (exact) mass is 610 g/mol. The molecular formula is C27H22F4N3O5PS. The second kappa shape index (κ2) is 8.90. The molecular weight excluding hydrogens is 585 g/mol. The number of aromatic nitrogens is 2. The fourth-order valence-corrected chi connectivity index (χ4v) is 6.72. The number of carbonyl (C=O) groups is 1. The molecule has 2 atom stereocenters. The lowest BCUT2D eigenvalue weighted by atomic mass is 9.97. The third-order valence-electron chi connectivity index (χ3n) is 7.30. The van der Waals surface area contributed by atoms with Gasteiger partial charge < -0.3 is 18.2 Å². The first-order chi connectivity index (χ1) is 20.3. The number of hydrogen-bond donors (Lipinski definition) is 0. The third kappa shape index (κ3) is 4.25. The van der Waals surface area contributed by atoms with Crippen LogP contribution in [0.5, 0.6) is 5.75 Å². The molecule has 214 valence electrons. The first-order valence-corrected chi connectivity index (χ1v) is 16.2. The van der Waals surface area contributed by atoms with Crippen molar-refractivity contribution < 1.29 is 43.6 Å². The Bertz CT molecular complexity index is 2040. The molecule has 4 aromatic rings. The van der Waals surface area contributed by atoms with Crippen LogP contribution < -0.4 is 9.49 Å². The molecule has 3 heterocycles. The average Bonchev–Trinajstić information content (AvgIpc) is 3.39. The van der Waals surface area contributed by atoms with Crippen molar-refractivity contribution in [2.75, 3.05) is 20.3 Å². The Kier molecular flexibility index (Phi) is 5.20. The zero-order chi connectivity index (χ0) is 32.1. The number of nitrogens with zero attached hydrogens (tertiary/aromatic N) is 3. The van der Waals surface area contributed by atoms with Crippen molar-refractivity contribution in [1.29, 1.82) is 0 Å². The summed E-state index contributed by atoms with van der Waals surface area (Å²) >= 11 is 0. The molecule has 1 aromatic heterocycles. The summed E-state index contributed by atoms with van der Waals surface area (Å²) in [7, 11) is -8.92. The maximum atomic E-state index is 15.2. The van der Waals surface area contributed by atoms with Crippen LogP contribution >= 0.6 is 7.14 Å². The molecule has 3 aromatic carbocycles. The molecule has 2 aliphatic heterocycles. The third-order valence-corrected chi connectivity index (χ3v) is 9.79. The van der Waals surface area contributed by atoms with E-state index in [-0.39, 0.29) is 28.9 Å². The van der Waals surface area contributed by atoms with Crippen molar-refractivity contribution in [2.24, 2.45) is 0 Å². The van der Waals surface area contributed by atoms with E-state index in [0.29, 0.717) is 26.8 Å².